The SMILES string of the molecule is S=C(NCCc1ccc(Cl)cc1)NCCc1ccc(Cl)c(Cl)c1. The predicted octanol–water partition coefficient (Wildman–Crippen LogP) is 4.90. The fraction of sp³-hybridized carbons (Fsp3) is 0.235. The molecule has 0 aliphatic carbocycles. The third-order valence-corrected chi connectivity index (χ3v) is 4.58. The molecule has 2 rings (SSSR count). The summed E-state index contributed by atoms with van der Waals surface area (Å²) < 4.78 is 0. The maximum atomic E-state index is 5.99. The van der Waals surface area contributed by atoms with E-state index in [1.165, 1.54) is 5.56 Å². The number of thiocarbonyl (C=S) groups is 1. The standard InChI is InChI=1S/C17H17Cl3N2S/c18-14-4-1-12(2-5-14)7-9-21-17(23)22-10-8-13-3-6-15(19)16(20)11-13/h1-6,11H,7-10H2,(H2,21,22,23). The summed E-state index contributed by atoms with van der Waals surface area (Å²) in [4.78, 5) is 0. The molecular formula is C17H17Cl3N2S. The van der Waals surface area contributed by atoms with E-state index in [0.717, 1.165) is 36.5 Å². The quantitative estimate of drug-likeness (QED) is 0.690. The second-order valence-electron chi connectivity index (χ2n) is 5.06. The van der Waals surface area contributed by atoms with Gasteiger partial charge in [0, 0.05) is 18.1 Å². The van der Waals surface area contributed by atoms with E-state index in [9.17, 15) is 0 Å². The molecule has 2 N–H and O–H groups in total. The Kier molecular flexibility index (Phi) is 7.44. The van der Waals surface area contributed by atoms with Crippen LogP contribution in [0, 0.1) is 0 Å². The van der Waals surface area contributed by atoms with Gasteiger partial charge in [0.2, 0.25) is 0 Å². The fourth-order valence-corrected chi connectivity index (χ4v) is 2.70. The van der Waals surface area contributed by atoms with Crippen LogP contribution in [0.3, 0.4) is 0 Å². The van der Waals surface area contributed by atoms with E-state index < -0.39 is 0 Å². The lowest BCUT2D eigenvalue weighted by atomic mass is 10.1. The molecule has 0 amide bonds. The van der Waals surface area contributed by atoms with Crippen molar-refractivity contribution < 1.29 is 0 Å². The summed E-state index contributed by atoms with van der Waals surface area (Å²) in [5, 5.41) is 8.93. The fourth-order valence-electron chi connectivity index (χ4n) is 2.05. The van der Waals surface area contributed by atoms with Gasteiger partial charge in [-0.15, -0.1) is 0 Å². The first kappa shape index (κ1) is 18.3. The zero-order valence-electron chi connectivity index (χ0n) is 12.4. The molecule has 0 saturated carbocycles. The van der Waals surface area contributed by atoms with E-state index in [2.05, 4.69) is 10.6 Å². The maximum Gasteiger partial charge on any atom is 0.166 e. The van der Waals surface area contributed by atoms with Gasteiger partial charge in [0.05, 0.1) is 10.0 Å². The van der Waals surface area contributed by atoms with Crippen molar-refractivity contribution in [2.24, 2.45) is 0 Å². The third kappa shape index (κ3) is 6.56. The molecule has 0 aliphatic heterocycles. The molecule has 0 aromatic heterocycles. The minimum Gasteiger partial charge on any atom is -0.362 e. The van der Waals surface area contributed by atoms with Crippen LogP contribution in [-0.2, 0) is 12.8 Å². The van der Waals surface area contributed by atoms with Gasteiger partial charge in [0.25, 0.3) is 0 Å². The number of hydrogen-bond acceptors (Lipinski definition) is 1. The molecule has 0 bridgehead atoms. The Labute approximate surface area is 157 Å². The summed E-state index contributed by atoms with van der Waals surface area (Å²) in [6.45, 7) is 1.52. The lowest BCUT2D eigenvalue weighted by molar-refractivity contribution is 0.802. The van der Waals surface area contributed by atoms with Gasteiger partial charge >= 0.3 is 0 Å². The van der Waals surface area contributed by atoms with E-state index in [4.69, 9.17) is 47.0 Å². The van der Waals surface area contributed by atoms with Crippen molar-refractivity contribution in [3.05, 3.63) is 68.7 Å². The molecule has 0 radical (unpaired) electrons. The van der Waals surface area contributed by atoms with Crippen molar-refractivity contribution in [1.82, 2.24) is 10.6 Å². The van der Waals surface area contributed by atoms with Crippen molar-refractivity contribution in [2.45, 2.75) is 12.8 Å². The minimum absolute atomic E-state index is 0.572. The van der Waals surface area contributed by atoms with E-state index in [1.807, 2.05) is 42.5 Å². The first-order valence-electron chi connectivity index (χ1n) is 7.24. The molecule has 0 spiro atoms. The topological polar surface area (TPSA) is 24.1 Å². The van der Waals surface area contributed by atoms with Gasteiger partial charge in [-0.2, -0.15) is 0 Å². The molecule has 23 heavy (non-hydrogen) atoms. The van der Waals surface area contributed by atoms with Crippen LogP contribution in [0.15, 0.2) is 42.5 Å². The molecule has 0 fully saturated rings. The molecular weight excluding hydrogens is 371 g/mol. The molecule has 0 heterocycles. The Bertz CT molecular complexity index is 659. The zero-order valence-corrected chi connectivity index (χ0v) is 15.5. The highest BCUT2D eigenvalue weighted by Crippen LogP contribution is 2.22. The molecule has 2 aromatic rings. The summed E-state index contributed by atoms with van der Waals surface area (Å²) >= 11 is 23.0. The minimum atomic E-state index is 0.572. The van der Waals surface area contributed by atoms with Crippen LogP contribution in [0.25, 0.3) is 0 Å². The third-order valence-electron chi connectivity index (χ3n) is 3.30. The van der Waals surface area contributed by atoms with Gasteiger partial charge in [-0.3, -0.25) is 0 Å². The van der Waals surface area contributed by atoms with Gasteiger partial charge in [-0.25, -0.2) is 0 Å². The number of nitrogens with one attached hydrogen (secondary N) is 2. The second-order valence-corrected chi connectivity index (χ2v) is 6.72. The highest BCUT2D eigenvalue weighted by atomic mass is 35.5. The van der Waals surface area contributed by atoms with Gasteiger partial charge in [-0.1, -0.05) is 53.0 Å². The molecule has 6 heteroatoms. The lowest BCUT2D eigenvalue weighted by Gasteiger charge is -2.11. The van der Waals surface area contributed by atoms with Crippen molar-refractivity contribution in [3.8, 4) is 0 Å². The van der Waals surface area contributed by atoms with Crippen LogP contribution in [0.4, 0.5) is 0 Å². The smallest absolute Gasteiger partial charge is 0.166 e. The molecule has 0 saturated heterocycles. The molecule has 2 aromatic carbocycles. The van der Waals surface area contributed by atoms with E-state index >= 15 is 0 Å². The second kappa shape index (κ2) is 9.33. The Morgan fingerprint density at radius 1 is 0.783 bits per heavy atom. The van der Waals surface area contributed by atoms with Crippen molar-refractivity contribution in [1.29, 1.82) is 0 Å². The van der Waals surface area contributed by atoms with Crippen molar-refractivity contribution >= 4 is 52.1 Å². The normalized spacial score (nSPS) is 10.4. The number of halogens is 3. The largest absolute Gasteiger partial charge is 0.362 e. The van der Waals surface area contributed by atoms with E-state index in [1.54, 1.807) is 0 Å². The highest BCUT2D eigenvalue weighted by molar-refractivity contribution is 7.80. The van der Waals surface area contributed by atoms with Crippen LogP contribution >= 0.6 is 47.0 Å². The summed E-state index contributed by atoms with van der Waals surface area (Å²) in [5.74, 6) is 0. The summed E-state index contributed by atoms with van der Waals surface area (Å²) in [6.07, 6.45) is 1.72. The number of rotatable bonds is 6. The predicted molar refractivity (Wildman–Crippen MR) is 104 cm³/mol. The van der Waals surface area contributed by atoms with Crippen LogP contribution in [0.2, 0.25) is 15.1 Å². The van der Waals surface area contributed by atoms with Crippen LogP contribution in [0.5, 0.6) is 0 Å². The van der Waals surface area contributed by atoms with Gasteiger partial charge in [0.1, 0.15) is 0 Å². The lowest BCUT2D eigenvalue weighted by Crippen LogP contribution is -2.37. The molecule has 0 aliphatic rings. The average Bonchev–Trinajstić information content (AvgIpc) is 2.53. The number of hydrogen-bond donors (Lipinski definition) is 2. The van der Waals surface area contributed by atoms with Gasteiger partial charge in [0.15, 0.2) is 5.11 Å². The Balaban J connectivity index is 1.65. The van der Waals surface area contributed by atoms with Crippen molar-refractivity contribution in [2.75, 3.05) is 13.1 Å². The van der Waals surface area contributed by atoms with Gasteiger partial charge < -0.3 is 10.6 Å². The Morgan fingerprint density at radius 2 is 1.35 bits per heavy atom. The van der Waals surface area contributed by atoms with Crippen LogP contribution in [0.1, 0.15) is 11.1 Å². The Morgan fingerprint density at radius 3 is 1.96 bits per heavy atom. The molecule has 122 valence electrons. The maximum absolute atomic E-state index is 5.99. The van der Waals surface area contributed by atoms with Gasteiger partial charge in [-0.05, 0) is 60.5 Å². The Hall–Kier alpha value is -1.000. The van der Waals surface area contributed by atoms with E-state index in [-0.39, 0.29) is 0 Å². The highest BCUT2D eigenvalue weighted by Gasteiger charge is 2.01. The first-order valence-corrected chi connectivity index (χ1v) is 8.79. The number of benzene rings is 2. The average molecular weight is 388 g/mol. The van der Waals surface area contributed by atoms with Crippen LogP contribution in [-0.4, -0.2) is 18.2 Å². The molecule has 0 unspecified atom stereocenters. The molecule has 2 nitrogen and oxygen atoms in total. The van der Waals surface area contributed by atoms with E-state index in [0.29, 0.717) is 15.2 Å². The van der Waals surface area contributed by atoms with Crippen LogP contribution < -0.4 is 10.6 Å². The zero-order chi connectivity index (χ0) is 16.7. The summed E-state index contributed by atoms with van der Waals surface area (Å²) in [7, 11) is 0. The molecule has 0 atom stereocenters. The summed E-state index contributed by atoms with van der Waals surface area (Å²) in [5.41, 5.74) is 2.34. The van der Waals surface area contributed by atoms with Crippen molar-refractivity contribution in [3.63, 3.8) is 0 Å². The first-order chi connectivity index (χ1) is 11.0. The summed E-state index contributed by atoms with van der Waals surface area (Å²) in [6, 6.07) is 13.5. The monoisotopic (exact) mass is 386 g/mol.